The van der Waals surface area contributed by atoms with Crippen molar-refractivity contribution < 1.29 is 18.7 Å². The van der Waals surface area contributed by atoms with Crippen LogP contribution in [0.4, 0.5) is 10.1 Å². The normalized spacial score (nSPS) is 10.7. The Morgan fingerprint density at radius 2 is 1.85 bits per heavy atom. The molecule has 0 atom stereocenters. The summed E-state index contributed by atoms with van der Waals surface area (Å²) < 4.78 is 24.9. The molecule has 0 aliphatic heterocycles. The summed E-state index contributed by atoms with van der Waals surface area (Å²) in [6, 6.07) is 9.76. The van der Waals surface area contributed by atoms with Crippen molar-refractivity contribution in [2.75, 3.05) is 32.1 Å². The van der Waals surface area contributed by atoms with Crippen LogP contribution < -0.4 is 14.8 Å². The van der Waals surface area contributed by atoms with E-state index >= 15 is 0 Å². The van der Waals surface area contributed by atoms with Crippen LogP contribution in [0.5, 0.6) is 11.5 Å². The van der Waals surface area contributed by atoms with Gasteiger partial charge < -0.3 is 14.8 Å². The maximum Gasteiger partial charge on any atom is 0.238 e. The number of hydrogen-bond acceptors (Lipinski definition) is 4. The summed E-state index contributed by atoms with van der Waals surface area (Å²) in [6.45, 7) is 5.10. The predicted octanol–water partition coefficient (Wildman–Crippen LogP) is 4.35. The van der Waals surface area contributed by atoms with Crippen LogP contribution in [-0.4, -0.2) is 37.6 Å². The highest BCUT2D eigenvalue weighted by atomic mass is 35.5. The zero-order valence-corrected chi connectivity index (χ0v) is 16.5. The van der Waals surface area contributed by atoms with Crippen molar-refractivity contribution in [2.24, 2.45) is 0 Å². The lowest BCUT2D eigenvalue weighted by atomic mass is 10.2. The molecule has 1 N–H and O–H groups in total. The van der Waals surface area contributed by atoms with Gasteiger partial charge >= 0.3 is 0 Å². The van der Waals surface area contributed by atoms with Crippen molar-refractivity contribution in [3.8, 4) is 11.5 Å². The van der Waals surface area contributed by atoms with Crippen molar-refractivity contribution in [3.05, 3.63) is 52.8 Å². The molecule has 0 saturated carbocycles. The summed E-state index contributed by atoms with van der Waals surface area (Å²) in [5, 5.41) is 3.16. The number of carbonyl (C=O) groups excluding carboxylic acids is 1. The van der Waals surface area contributed by atoms with E-state index in [0.717, 1.165) is 0 Å². The number of carbonyl (C=O) groups is 1. The average molecular weight is 395 g/mol. The van der Waals surface area contributed by atoms with Gasteiger partial charge in [-0.2, -0.15) is 0 Å². The van der Waals surface area contributed by atoms with Gasteiger partial charge in [0.05, 0.1) is 19.8 Å². The van der Waals surface area contributed by atoms with Gasteiger partial charge in [0.2, 0.25) is 5.91 Å². The van der Waals surface area contributed by atoms with E-state index in [1.807, 2.05) is 13.8 Å². The monoisotopic (exact) mass is 394 g/mol. The molecule has 7 heteroatoms. The number of halogens is 2. The van der Waals surface area contributed by atoms with Crippen LogP contribution in [0.2, 0.25) is 5.02 Å². The molecule has 0 bridgehead atoms. The van der Waals surface area contributed by atoms with Gasteiger partial charge in [0.25, 0.3) is 0 Å². The summed E-state index contributed by atoms with van der Waals surface area (Å²) in [7, 11) is 1.73. The Labute approximate surface area is 164 Å². The Balaban J connectivity index is 1.99. The molecule has 0 aliphatic rings. The van der Waals surface area contributed by atoms with E-state index in [1.54, 1.807) is 42.3 Å². The van der Waals surface area contributed by atoms with Gasteiger partial charge in [-0.1, -0.05) is 17.7 Å². The van der Waals surface area contributed by atoms with E-state index in [0.29, 0.717) is 41.0 Å². The molecule has 0 saturated heterocycles. The van der Waals surface area contributed by atoms with Crippen LogP contribution in [0.25, 0.3) is 0 Å². The molecule has 2 aromatic rings. The molecule has 0 spiro atoms. The van der Waals surface area contributed by atoms with Gasteiger partial charge in [-0.25, -0.2) is 4.39 Å². The molecule has 0 fully saturated rings. The molecule has 146 valence electrons. The summed E-state index contributed by atoms with van der Waals surface area (Å²) in [5.74, 6) is 0.589. The maximum atomic E-state index is 13.9. The molecule has 27 heavy (non-hydrogen) atoms. The summed E-state index contributed by atoms with van der Waals surface area (Å²) in [5.41, 5.74) is 0.971. The Hall–Kier alpha value is -2.31. The SMILES string of the molecule is CCOc1ccc(NC(=O)CN(C)Cc2c(F)cccc2Cl)cc1OCC. The molecule has 0 aromatic heterocycles. The molecule has 0 radical (unpaired) electrons. The van der Waals surface area contributed by atoms with Crippen LogP contribution in [0.1, 0.15) is 19.4 Å². The molecule has 0 unspecified atom stereocenters. The standard InChI is InChI=1S/C20H24ClFN2O3/c1-4-26-18-10-9-14(11-19(18)27-5-2)23-20(25)13-24(3)12-15-16(21)7-6-8-17(15)22/h6-11H,4-5,12-13H2,1-3H3,(H,23,25). The topological polar surface area (TPSA) is 50.8 Å². The first kappa shape index (κ1) is 21.0. The average Bonchev–Trinajstić information content (AvgIpc) is 2.61. The van der Waals surface area contributed by atoms with E-state index in [1.165, 1.54) is 6.07 Å². The molecular formula is C20H24ClFN2O3. The molecule has 1 amide bonds. The second-order valence-corrected chi connectivity index (χ2v) is 6.36. The number of nitrogens with one attached hydrogen (secondary N) is 1. The lowest BCUT2D eigenvalue weighted by molar-refractivity contribution is -0.117. The van der Waals surface area contributed by atoms with Gasteiger partial charge in [0, 0.05) is 28.9 Å². The highest BCUT2D eigenvalue weighted by molar-refractivity contribution is 6.31. The number of benzene rings is 2. The van der Waals surface area contributed by atoms with Crippen LogP contribution in [0.15, 0.2) is 36.4 Å². The van der Waals surface area contributed by atoms with E-state index < -0.39 is 0 Å². The number of likely N-dealkylation sites (N-methyl/N-ethyl adjacent to an activating group) is 1. The van der Waals surface area contributed by atoms with Crippen LogP contribution >= 0.6 is 11.6 Å². The van der Waals surface area contributed by atoms with Crippen LogP contribution in [0, 0.1) is 5.82 Å². The Kier molecular flexibility index (Phi) is 7.88. The minimum Gasteiger partial charge on any atom is -0.490 e. The first-order chi connectivity index (χ1) is 12.9. The fourth-order valence-electron chi connectivity index (χ4n) is 2.58. The van der Waals surface area contributed by atoms with Gasteiger partial charge in [-0.15, -0.1) is 0 Å². The molecule has 2 rings (SSSR count). The minimum absolute atomic E-state index is 0.0852. The highest BCUT2D eigenvalue weighted by Crippen LogP contribution is 2.30. The third kappa shape index (κ3) is 6.12. The zero-order chi connectivity index (χ0) is 19.8. The fraction of sp³-hybridized carbons (Fsp3) is 0.350. The number of anilines is 1. The third-order valence-electron chi connectivity index (χ3n) is 3.73. The van der Waals surface area contributed by atoms with Crippen molar-refractivity contribution in [1.82, 2.24) is 4.90 Å². The number of ether oxygens (including phenoxy) is 2. The van der Waals surface area contributed by atoms with E-state index in [4.69, 9.17) is 21.1 Å². The zero-order valence-electron chi connectivity index (χ0n) is 15.7. The summed E-state index contributed by atoms with van der Waals surface area (Å²) in [6.07, 6.45) is 0. The number of nitrogens with zero attached hydrogens (tertiary/aromatic N) is 1. The van der Waals surface area contributed by atoms with Crippen LogP contribution in [-0.2, 0) is 11.3 Å². The fourth-order valence-corrected chi connectivity index (χ4v) is 2.81. The van der Waals surface area contributed by atoms with Crippen molar-refractivity contribution in [3.63, 3.8) is 0 Å². The third-order valence-corrected chi connectivity index (χ3v) is 4.08. The largest absolute Gasteiger partial charge is 0.490 e. The van der Waals surface area contributed by atoms with Crippen molar-refractivity contribution >= 4 is 23.2 Å². The van der Waals surface area contributed by atoms with E-state index in [-0.39, 0.29) is 24.8 Å². The highest BCUT2D eigenvalue weighted by Gasteiger charge is 2.13. The van der Waals surface area contributed by atoms with Gasteiger partial charge in [0.1, 0.15) is 5.82 Å². The smallest absolute Gasteiger partial charge is 0.238 e. The molecule has 0 heterocycles. The quantitative estimate of drug-likeness (QED) is 0.687. The summed E-state index contributed by atoms with van der Waals surface area (Å²) >= 11 is 6.03. The van der Waals surface area contributed by atoms with Gasteiger partial charge in [0.15, 0.2) is 11.5 Å². The minimum atomic E-state index is -0.386. The maximum absolute atomic E-state index is 13.9. The lowest BCUT2D eigenvalue weighted by Crippen LogP contribution is -2.30. The predicted molar refractivity (Wildman–Crippen MR) is 105 cm³/mol. The first-order valence-electron chi connectivity index (χ1n) is 8.75. The first-order valence-corrected chi connectivity index (χ1v) is 9.13. The Morgan fingerprint density at radius 3 is 2.52 bits per heavy atom. The molecule has 2 aromatic carbocycles. The van der Waals surface area contributed by atoms with Gasteiger partial charge in [-0.3, -0.25) is 9.69 Å². The lowest BCUT2D eigenvalue weighted by Gasteiger charge is -2.18. The second kappa shape index (κ2) is 10.1. The molecule has 0 aliphatic carbocycles. The summed E-state index contributed by atoms with van der Waals surface area (Å²) in [4.78, 5) is 14.0. The number of rotatable bonds is 9. The van der Waals surface area contributed by atoms with Crippen LogP contribution in [0.3, 0.4) is 0 Å². The van der Waals surface area contributed by atoms with E-state index in [9.17, 15) is 9.18 Å². The Bertz CT molecular complexity index is 766. The van der Waals surface area contributed by atoms with Gasteiger partial charge in [-0.05, 0) is 45.2 Å². The van der Waals surface area contributed by atoms with E-state index in [2.05, 4.69) is 5.32 Å². The Morgan fingerprint density at radius 1 is 1.15 bits per heavy atom. The number of amides is 1. The molecule has 5 nitrogen and oxygen atoms in total. The van der Waals surface area contributed by atoms with Crippen molar-refractivity contribution in [2.45, 2.75) is 20.4 Å². The second-order valence-electron chi connectivity index (χ2n) is 5.95. The molecular weight excluding hydrogens is 371 g/mol. The van der Waals surface area contributed by atoms with Crippen molar-refractivity contribution in [1.29, 1.82) is 0 Å². The number of hydrogen-bond donors (Lipinski definition) is 1.